The van der Waals surface area contributed by atoms with Crippen LogP contribution in [0.25, 0.3) is 5.65 Å². The molecule has 4 heterocycles. The van der Waals surface area contributed by atoms with Gasteiger partial charge in [-0.25, -0.2) is 9.97 Å². The van der Waals surface area contributed by atoms with E-state index < -0.39 is 0 Å². The molecule has 11 heteroatoms. The maximum Gasteiger partial charge on any atom is 0.277 e. The molecule has 0 saturated heterocycles. The second-order valence-corrected chi connectivity index (χ2v) is 8.59. The summed E-state index contributed by atoms with van der Waals surface area (Å²) in [6, 6.07) is 12.9. The normalized spacial score (nSPS) is 11.1. The number of amides is 1. The first kappa shape index (κ1) is 20.8. The van der Waals surface area contributed by atoms with Gasteiger partial charge in [-0.15, -0.1) is 0 Å². The van der Waals surface area contributed by atoms with Gasteiger partial charge in [0.05, 0.1) is 5.69 Å². The van der Waals surface area contributed by atoms with Crippen molar-refractivity contribution in [3.8, 4) is 0 Å². The molecule has 0 spiro atoms. The van der Waals surface area contributed by atoms with Crippen LogP contribution in [0.15, 0.2) is 63.1 Å². The summed E-state index contributed by atoms with van der Waals surface area (Å²) >= 11 is 1.50. The smallest absolute Gasteiger partial charge is 0.277 e. The quantitative estimate of drug-likeness (QED) is 0.316. The molecule has 0 aliphatic carbocycles. The standard InChI is InChI=1S/C22H20N8O2S/c1-12-8-18(28-27-12)25-22-26-20(10-19-23-13(2)11-30(19)22)33-16-6-4-15(5-7-16)24-21(31)17-9-14(3)32-29-17/h4-11H,1-3H3,(H,24,31)(H2,25,26,27,28). The number of aromatic amines is 1. The maximum atomic E-state index is 12.2. The van der Waals surface area contributed by atoms with Crippen molar-refractivity contribution in [3.63, 3.8) is 0 Å². The minimum Gasteiger partial charge on any atom is -0.361 e. The summed E-state index contributed by atoms with van der Waals surface area (Å²) in [5, 5.41) is 17.7. The van der Waals surface area contributed by atoms with Crippen molar-refractivity contribution in [2.75, 3.05) is 10.6 Å². The Hall–Kier alpha value is -4.12. The van der Waals surface area contributed by atoms with Gasteiger partial charge >= 0.3 is 0 Å². The van der Waals surface area contributed by atoms with E-state index in [1.807, 2.05) is 60.8 Å². The molecule has 1 amide bonds. The molecule has 33 heavy (non-hydrogen) atoms. The Morgan fingerprint density at radius 2 is 1.91 bits per heavy atom. The molecule has 10 nitrogen and oxygen atoms in total. The van der Waals surface area contributed by atoms with Crippen LogP contribution in [0.3, 0.4) is 0 Å². The Morgan fingerprint density at radius 1 is 1.09 bits per heavy atom. The van der Waals surface area contributed by atoms with Gasteiger partial charge in [0.2, 0.25) is 5.95 Å². The van der Waals surface area contributed by atoms with Crippen LogP contribution in [0.2, 0.25) is 0 Å². The molecule has 5 rings (SSSR count). The molecule has 1 aromatic carbocycles. The summed E-state index contributed by atoms with van der Waals surface area (Å²) in [5.41, 5.74) is 3.53. The van der Waals surface area contributed by atoms with Gasteiger partial charge in [0.25, 0.3) is 5.91 Å². The maximum absolute atomic E-state index is 12.2. The number of imidazole rings is 1. The number of nitrogens with one attached hydrogen (secondary N) is 3. The van der Waals surface area contributed by atoms with Crippen molar-refractivity contribution in [2.24, 2.45) is 0 Å². The van der Waals surface area contributed by atoms with Gasteiger partial charge in [0, 0.05) is 40.7 Å². The highest BCUT2D eigenvalue weighted by Gasteiger charge is 2.13. The molecular formula is C22H20N8O2S. The number of carbonyl (C=O) groups is 1. The summed E-state index contributed by atoms with van der Waals surface area (Å²) in [5.74, 6) is 1.56. The number of nitrogens with zero attached hydrogens (tertiary/aromatic N) is 5. The molecule has 166 valence electrons. The second kappa shape index (κ2) is 8.43. The third-order valence-corrected chi connectivity index (χ3v) is 5.62. The van der Waals surface area contributed by atoms with E-state index in [4.69, 9.17) is 9.51 Å². The number of hydrogen-bond donors (Lipinski definition) is 3. The Kier molecular flexibility index (Phi) is 5.31. The molecule has 0 aliphatic rings. The molecule has 0 saturated carbocycles. The summed E-state index contributed by atoms with van der Waals surface area (Å²) in [7, 11) is 0. The topological polar surface area (TPSA) is 126 Å². The van der Waals surface area contributed by atoms with Crippen molar-refractivity contribution in [1.82, 2.24) is 29.7 Å². The number of anilines is 3. The largest absolute Gasteiger partial charge is 0.361 e. The average Bonchev–Trinajstić information content (AvgIpc) is 3.49. The number of benzene rings is 1. The van der Waals surface area contributed by atoms with Crippen molar-refractivity contribution in [2.45, 2.75) is 30.7 Å². The Labute approximate surface area is 192 Å². The van der Waals surface area contributed by atoms with Crippen LogP contribution in [-0.2, 0) is 0 Å². The highest BCUT2D eigenvalue weighted by atomic mass is 32.2. The number of carbonyl (C=O) groups excluding carboxylic acids is 1. The fraction of sp³-hybridized carbons (Fsp3) is 0.136. The lowest BCUT2D eigenvalue weighted by molar-refractivity contribution is 0.101. The molecule has 5 aromatic rings. The summed E-state index contributed by atoms with van der Waals surface area (Å²) < 4.78 is 6.85. The van der Waals surface area contributed by atoms with Gasteiger partial charge in [0.15, 0.2) is 11.5 Å². The van der Waals surface area contributed by atoms with Gasteiger partial charge < -0.3 is 15.2 Å². The number of aromatic nitrogens is 6. The van der Waals surface area contributed by atoms with Crippen LogP contribution in [0.5, 0.6) is 0 Å². The fourth-order valence-electron chi connectivity index (χ4n) is 3.22. The number of rotatable bonds is 6. The van der Waals surface area contributed by atoms with Crippen LogP contribution in [0.1, 0.15) is 27.6 Å². The third-order valence-electron chi connectivity index (χ3n) is 4.69. The lowest BCUT2D eigenvalue weighted by atomic mass is 10.3. The summed E-state index contributed by atoms with van der Waals surface area (Å²) in [4.78, 5) is 22.6. The highest BCUT2D eigenvalue weighted by Crippen LogP contribution is 2.30. The Morgan fingerprint density at radius 3 is 2.61 bits per heavy atom. The van der Waals surface area contributed by atoms with Crippen LogP contribution in [-0.4, -0.2) is 35.6 Å². The van der Waals surface area contributed by atoms with Crippen LogP contribution >= 0.6 is 11.8 Å². The van der Waals surface area contributed by atoms with E-state index in [1.165, 1.54) is 11.8 Å². The van der Waals surface area contributed by atoms with Gasteiger partial charge in [-0.2, -0.15) is 5.10 Å². The van der Waals surface area contributed by atoms with E-state index in [0.29, 0.717) is 23.2 Å². The monoisotopic (exact) mass is 460 g/mol. The molecule has 0 aliphatic heterocycles. The third kappa shape index (κ3) is 4.58. The SMILES string of the molecule is Cc1cn2c(Nc3cc(C)[nH]n3)nc(Sc3ccc(NC(=O)c4cc(C)on4)cc3)cc2n1. The Bertz CT molecular complexity index is 1450. The number of fused-ring (bicyclic) bond motifs is 1. The zero-order valence-corrected chi connectivity index (χ0v) is 18.9. The van der Waals surface area contributed by atoms with Crippen molar-refractivity contribution < 1.29 is 9.32 Å². The predicted octanol–water partition coefficient (Wildman–Crippen LogP) is 4.51. The zero-order chi connectivity index (χ0) is 22.9. The lowest BCUT2D eigenvalue weighted by Gasteiger charge is -2.09. The second-order valence-electron chi connectivity index (χ2n) is 7.49. The lowest BCUT2D eigenvalue weighted by Crippen LogP contribution is -2.11. The molecule has 4 aromatic heterocycles. The van der Waals surface area contributed by atoms with Crippen molar-refractivity contribution >= 4 is 40.8 Å². The first-order chi connectivity index (χ1) is 15.9. The van der Waals surface area contributed by atoms with E-state index in [9.17, 15) is 4.79 Å². The van der Waals surface area contributed by atoms with Gasteiger partial charge in [-0.3, -0.25) is 14.3 Å². The number of H-pyrrole nitrogens is 1. The molecule has 3 N–H and O–H groups in total. The summed E-state index contributed by atoms with van der Waals surface area (Å²) in [6.07, 6.45) is 1.92. The predicted molar refractivity (Wildman–Crippen MR) is 124 cm³/mol. The summed E-state index contributed by atoms with van der Waals surface area (Å²) in [6.45, 7) is 5.62. The van der Waals surface area contributed by atoms with Crippen molar-refractivity contribution in [1.29, 1.82) is 0 Å². The van der Waals surface area contributed by atoms with Gasteiger partial charge in [-0.05, 0) is 45.0 Å². The van der Waals surface area contributed by atoms with Crippen LogP contribution < -0.4 is 10.6 Å². The average molecular weight is 461 g/mol. The van der Waals surface area contributed by atoms with Gasteiger partial charge in [0.1, 0.15) is 16.4 Å². The molecule has 0 unspecified atom stereocenters. The zero-order valence-electron chi connectivity index (χ0n) is 18.1. The first-order valence-electron chi connectivity index (χ1n) is 10.1. The number of aryl methyl sites for hydroxylation is 3. The fourth-order valence-corrected chi connectivity index (χ4v) is 4.03. The van der Waals surface area contributed by atoms with Gasteiger partial charge in [-0.1, -0.05) is 16.9 Å². The van der Waals surface area contributed by atoms with E-state index in [1.54, 1.807) is 13.0 Å². The van der Waals surface area contributed by atoms with Crippen molar-refractivity contribution in [3.05, 3.63) is 71.5 Å². The molecular weight excluding hydrogens is 440 g/mol. The molecule has 0 atom stereocenters. The molecule has 0 radical (unpaired) electrons. The van der Waals surface area contributed by atoms with E-state index >= 15 is 0 Å². The van der Waals surface area contributed by atoms with E-state index in [-0.39, 0.29) is 11.6 Å². The van der Waals surface area contributed by atoms with Crippen LogP contribution in [0, 0.1) is 20.8 Å². The Balaban J connectivity index is 1.35. The minimum absolute atomic E-state index is 0.241. The number of hydrogen-bond acceptors (Lipinski definition) is 8. The van der Waals surface area contributed by atoms with E-state index in [2.05, 4.69) is 31.0 Å². The molecule has 0 fully saturated rings. The minimum atomic E-state index is -0.321. The van der Waals surface area contributed by atoms with E-state index in [0.717, 1.165) is 27.0 Å². The highest BCUT2D eigenvalue weighted by molar-refractivity contribution is 7.99. The molecule has 0 bridgehead atoms. The van der Waals surface area contributed by atoms with Crippen LogP contribution in [0.4, 0.5) is 17.5 Å². The first-order valence-corrected chi connectivity index (χ1v) is 10.9.